The second-order valence-corrected chi connectivity index (χ2v) is 7.36. The molecule has 0 aliphatic carbocycles. The number of pyridine rings is 1. The van der Waals surface area contributed by atoms with Gasteiger partial charge < -0.3 is 15.1 Å². The molecule has 0 saturated carbocycles. The second kappa shape index (κ2) is 8.99. The van der Waals surface area contributed by atoms with Crippen molar-refractivity contribution in [2.75, 3.05) is 40.3 Å². The highest BCUT2D eigenvalue weighted by Gasteiger charge is 2.25. The van der Waals surface area contributed by atoms with Crippen LogP contribution in [0, 0.1) is 0 Å². The van der Waals surface area contributed by atoms with Crippen LogP contribution in [-0.2, 0) is 0 Å². The van der Waals surface area contributed by atoms with E-state index in [1.807, 2.05) is 37.2 Å². The first-order valence-electron chi connectivity index (χ1n) is 9.77. The molecule has 146 valence electrons. The molecule has 3 rings (SSSR count). The predicted molar refractivity (Wildman–Crippen MR) is 105 cm³/mol. The van der Waals surface area contributed by atoms with Gasteiger partial charge in [0.2, 0.25) is 5.82 Å². The molecule has 2 aromatic rings. The van der Waals surface area contributed by atoms with E-state index in [1.54, 1.807) is 10.6 Å². The first kappa shape index (κ1) is 19.4. The molecule has 7 nitrogen and oxygen atoms in total. The van der Waals surface area contributed by atoms with Gasteiger partial charge in [0.15, 0.2) is 5.69 Å². The van der Waals surface area contributed by atoms with Gasteiger partial charge in [-0.15, -0.1) is 0 Å². The summed E-state index contributed by atoms with van der Waals surface area (Å²) in [4.78, 5) is 34.1. The molecule has 0 aromatic carbocycles. The molecule has 0 atom stereocenters. The number of hydrogen-bond acceptors (Lipinski definition) is 4. The molecule has 2 aromatic heterocycles. The average Bonchev–Trinajstić information content (AvgIpc) is 2.84. The Kier molecular flexibility index (Phi) is 6.45. The fourth-order valence-electron chi connectivity index (χ4n) is 3.45. The molecule has 7 heteroatoms. The van der Waals surface area contributed by atoms with Gasteiger partial charge in [-0.1, -0.05) is 18.9 Å². The summed E-state index contributed by atoms with van der Waals surface area (Å²) in [5.74, 6) is 0.00284. The molecular weight excluding hydrogens is 342 g/mol. The first-order valence-corrected chi connectivity index (χ1v) is 9.77. The van der Waals surface area contributed by atoms with Crippen molar-refractivity contribution in [3.05, 3.63) is 35.9 Å². The standard InChI is InChI=1S/C20H29N5O2/c1-23(2)12-9-11-21-19(26)17-16-10-5-8-15-25(16)18(22-17)20(27)24-13-6-3-4-7-14-24/h5,8,10,15H,3-4,6-7,9,11-14H2,1-2H3,(H,21,26). The van der Waals surface area contributed by atoms with Crippen molar-refractivity contribution in [3.8, 4) is 0 Å². The third-order valence-electron chi connectivity index (χ3n) is 4.92. The Morgan fingerprint density at radius 2 is 1.89 bits per heavy atom. The minimum absolute atomic E-state index is 0.0928. The van der Waals surface area contributed by atoms with Crippen molar-refractivity contribution in [2.24, 2.45) is 0 Å². The smallest absolute Gasteiger partial charge is 0.290 e. The number of aromatic nitrogens is 2. The number of likely N-dealkylation sites (tertiary alicyclic amines) is 1. The topological polar surface area (TPSA) is 70.0 Å². The molecule has 0 unspecified atom stereocenters. The number of amides is 2. The van der Waals surface area contributed by atoms with E-state index in [9.17, 15) is 9.59 Å². The fraction of sp³-hybridized carbons (Fsp3) is 0.550. The summed E-state index contributed by atoms with van der Waals surface area (Å²) in [7, 11) is 4.01. The normalized spacial score (nSPS) is 15.1. The molecule has 0 spiro atoms. The van der Waals surface area contributed by atoms with Crippen molar-refractivity contribution in [3.63, 3.8) is 0 Å². The zero-order chi connectivity index (χ0) is 19.2. The Balaban J connectivity index is 1.80. The molecule has 27 heavy (non-hydrogen) atoms. The van der Waals surface area contributed by atoms with E-state index in [2.05, 4.69) is 15.2 Å². The van der Waals surface area contributed by atoms with Crippen molar-refractivity contribution in [1.82, 2.24) is 24.5 Å². The quantitative estimate of drug-likeness (QED) is 0.789. The van der Waals surface area contributed by atoms with Crippen LogP contribution in [0.1, 0.15) is 53.2 Å². The molecule has 1 N–H and O–H groups in total. The lowest BCUT2D eigenvalue weighted by atomic mass is 10.2. The molecular formula is C20H29N5O2. The molecule has 1 aliphatic rings. The van der Waals surface area contributed by atoms with Crippen LogP contribution in [-0.4, -0.2) is 71.3 Å². The molecule has 3 heterocycles. The summed E-state index contributed by atoms with van der Waals surface area (Å²) in [6.07, 6.45) is 7.03. The number of imidazole rings is 1. The van der Waals surface area contributed by atoms with Crippen LogP contribution in [0.2, 0.25) is 0 Å². The lowest BCUT2D eigenvalue weighted by Crippen LogP contribution is -2.33. The van der Waals surface area contributed by atoms with E-state index < -0.39 is 0 Å². The highest BCUT2D eigenvalue weighted by Crippen LogP contribution is 2.17. The van der Waals surface area contributed by atoms with Gasteiger partial charge in [-0.05, 0) is 52.0 Å². The van der Waals surface area contributed by atoms with E-state index in [0.717, 1.165) is 51.7 Å². The summed E-state index contributed by atoms with van der Waals surface area (Å²) < 4.78 is 1.74. The highest BCUT2D eigenvalue weighted by atomic mass is 16.2. The number of nitrogens with zero attached hydrogens (tertiary/aromatic N) is 4. The zero-order valence-corrected chi connectivity index (χ0v) is 16.3. The molecule has 0 bridgehead atoms. The maximum atomic E-state index is 13.0. The van der Waals surface area contributed by atoms with Crippen LogP contribution in [0.4, 0.5) is 0 Å². The third kappa shape index (κ3) is 4.66. The van der Waals surface area contributed by atoms with Crippen LogP contribution in [0.3, 0.4) is 0 Å². The minimum atomic E-state index is -0.229. The van der Waals surface area contributed by atoms with Gasteiger partial charge in [0.05, 0.1) is 5.52 Å². The highest BCUT2D eigenvalue weighted by molar-refractivity contribution is 6.02. The van der Waals surface area contributed by atoms with E-state index in [-0.39, 0.29) is 11.8 Å². The van der Waals surface area contributed by atoms with Gasteiger partial charge in [-0.25, -0.2) is 4.98 Å². The number of carbonyl (C=O) groups excluding carboxylic acids is 2. The lowest BCUT2D eigenvalue weighted by molar-refractivity contribution is 0.0748. The minimum Gasteiger partial charge on any atom is -0.351 e. The Bertz CT molecular complexity index is 791. The zero-order valence-electron chi connectivity index (χ0n) is 16.3. The van der Waals surface area contributed by atoms with Gasteiger partial charge >= 0.3 is 0 Å². The third-order valence-corrected chi connectivity index (χ3v) is 4.92. The molecule has 0 radical (unpaired) electrons. The Labute approximate surface area is 160 Å². The monoisotopic (exact) mass is 371 g/mol. The summed E-state index contributed by atoms with van der Waals surface area (Å²) in [6.45, 7) is 3.00. The molecule has 1 saturated heterocycles. The van der Waals surface area contributed by atoms with Crippen LogP contribution in [0.5, 0.6) is 0 Å². The number of fused-ring (bicyclic) bond motifs is 1. The Morgan fingerprint density at radius 1 is 1.15 bits per heavy atom. The molecule has 2 amide bonds. The summed E-state index contributed by atoms with van der Waals surface area (Å²) in [6, 6.07) is 5.55. The maximum Gasteiger partial charge on any atom is 0.290 e. The predicted octanol–water partition coefficient (Wildman–Crippen LogP) is 2.03. The summed E-state index contributed by atoms with van der Waals surface area (Å²) in [5.41, 5.74) is 0.986. The lowest BCUT2D eigenvalue weighted by Gasteiger charge is -2.19. The number of rotatable bonds is 6. The van der Waals surface area contributed by atoms with Crippen molar-refractivity contribution in [2.45, 2.75) is 32.1 Å². The SMILES string of the molecule is CN(C)CCCNC(=O)c1nc(C(=O)N2CCCCCC2)n2ccccc12. The van der Waals surface area contributed by atoms with Gasteiger partial charge in [0.1, 0.15) is 0 Å². The fourth-order valence-corrected chi connectivity index (χ4v) is 3.45. The van der Waals surface area contributed by atoms with E-state index in [0.29, 0.717) is 23.6 Å². The molecule has 1 aliphatic heterocycles. The first-order chi connectivity index (χ1) is 13.1. The van der Waals surface area contributed by atoms with E-state index in [1.165, 1.54) is 0 Å². The number of nitrogens with one attached hydrogen (secondary N) is 1. The molecule has 1 fully saturated rings. The van der Waals surface area contributed by atoms with Crippen LogP contribution >= 0.6 is 0 Å². The van der Waals surface area contributed by atoms with Crippen molar-refractivity contribution in [1.29, 1.82) is 0 Å². The van der Waals surface area contributed by atoms with Gasteiger partial charge in [0.25, 0.3) is 11.8 Å². The summed E-state index contributed by atoms with van der Waals surface area (Å²) in [5, 5.41) is 2.92. The maximum absolute atomic E-state index is 13.0. The van der Waals surface area contributed by atoms with Crippen LogP contribution in [0.15, 0.2) is 24.4 Å². The second-order valence-electron chi connectivity index (χ2n) is 7.36. The van der Waals surface area contributed by atoms with Gasteiger partial charge in [-0.3, -0.25) is 14.0 Å². The van der Waals surface area contributed by atoms with Crippen LogP contribution in [0.25, 0.3) is 5.52 Å². The van der Waals surface area contributed by atoms with E-state index >= 15 is 0 Å². The Hall–Kier alpha value is -2.41. The van der Waals surface area contributed by atoms with E-state index in [4.69, 9.17) is 0 Å². The Morgan fingerprint density at radius 3 is 2.59 bits per heavy atom. The average molecular weight is 371 g/mol. The van der Waals surface area contributed by atoms with Gasteiger partial charge in [0, 0.05) is 25.8 Å². The van der Waals surface area contributed by atoms with Crippen LogP contribution < -0.4 is 5.32 Å². The van der Waals surface area contributed by atoms with Crippen molar-refractivity contribution < 1.29 is 9.59 Å². The largest absolute Gasteiger partial charge is 0.351 e. The summed E-state index contributed by atoms with van der Waals surface area (Å²) >= 11 is 0. The number of carbonyl (C=O) groups is 2. The van der Waals surface area contributed by atoms with Gasteiger partial charge in [-0.2, -0.15) is 0 Å². The number of hydrogen-bond donors (Lipinski definition) is 1. The van der Waals surface area contributed by atoms with Crippen molar-refractivity contribution >= 4 is 17.3 Å².